The van der Waals surface area contributed by atoms with E-state index in [1.165, 1.54) is 5.56 Å². The number of carbonyl (C=O) groups is 1. The van der Waals surface area contributed by atoms with Crippen LogP contribution in [0.2, 0.25) is 0 Å². The molecule has 116 valence electrons. The maximum absolute atomic E-state index is 12.1. The summed E-state index contributed by atoms with van der Waals surface area (Å²) in [5, 5.41) is 2.92. The Morgan fingerprint density at radius 3 is 2.14 bits per heavy atom. The minimum Gasteiger partial charge on any atom is -0.322 e. The Hall–Kier alpha value is -1.65. The van der Waals surface area contributed by atoms with Gasteiger partial charge in [0, 0.05) is 22.3 Å². The molecular formula is C18H21BrN2O. The van der Waals surface area contributed by atoms with Gasteiger partial charge in [-0.25, -0.2) is 0 Å². The van der Waals surface area contributed by atoms with Crippen LogP contribution in [0, 0.1) is 0 Å². The van der Waals surface area contributed by atoms with Crippen LogP contribution in [0.1, 0.15) is 29.8 Å². The molecule has 0 atom stereocenters. The summed E-state index contributed by atoms with van der Waals surface area (Å²) in [6, 6.07) is 15.4. The van der Waals surface area contributed by atoms with Gasteiger partial charge in [0.2, 0.25) is 0 Å². The molecule has 0 spiro atoms. The van der Waals surface area contributed by atoms with Crippen LogP contribution in [-0.2, 0) is 6.54 Å². The van der Waals surface area contributed by atoms with E-state index in [0.29, 0.717) is 5.56 Å². The molecular weight excluding hydrogens is 340 g/mol. The third-order valence-electron chi connectivity index (χ3n) is 3.62. The first kappa shape index (κ1) is 16.7. The number of hydrogen-bond donors (Lipinski definition) is 1. The quantitative estimate of drug-likeness (QED) is 0.819. The van der Waals surface area contributed by atoms with E-state index in [0.717, 1.165) is 29.8 Å². The lowest BCUT2D eigenvalue weighted by Crippen LogP contribution is -2.22. The topological polar surface area (TPSA) is 32.3 Å². The maximum Gasteiger partial charge on any atom is 0.255 e. The highest BCUT2D eigenvalue weighted by atomic mass is 79.9. The molecule has 0 unspecified atom stereocenters. The van der Waals surface area contributed by atoms with Gasteiger partial charge in [-0.15, -0.1) is 0 Å². The lowest BCUT2D eigenvalue weighted by molar-refractivity contribution is 0.102. The van der Waals surface area contributed by atoms with Crippen LogP contribution in [0.3, 0.4) is 0 Å². The van der Waals surface area contributed by atoms with Crippen molar-refractivity contribution in [1.29, 1.82) is 0 Å². The smallest absolute Gasteiger partial charge is 0.255 e. The molecule has 0 heterocycles. The Bertz CT molecular complexity index is 604. The predicted molar refractivity (Wildman–Crippen MR) is 95.2 cm³/mol. The predicted octanol–water partition coefficient (Wildman–Crippen LogP) is 4.54. The third kappa shape index (κ3) is 4.68. The summed E-state index contributed by atoms with van der Waals surface area (Å²) in [6.45, 7) is 7.34. The van der Waals surface area contributed by atoms with Crippen LogP contribution in [-0.4, -0.2) is 23.9 Å². The van der Waals surface area contributed by atoms with Crippen molar-refractivity contribution in [3.63, 3.8) is 0 Å². The van der Waals surface area contributed by atoms with Gasteiger partial charge in [-0.3, -0.25) is 9.69 Å². The van der Waals surface area contributed by atoms with Gasteiger partial charge in [-0.05, 0) is 55.1 Å². The van der Waals surface area contributed by atoms with E-state index in [2.05, 4.69) is 52.1 Å². The van der Waals surface area contributed by atoms with Gasteiger partial charge >= 0.3 is 0 Å². The molecule has 0 radical (unpaired) electrons. The van der Waals surface area contributed by atoms with Crippen molar-refractivity contribution in [2.45, 2.75) is 20.4 Å². The molecule has 0 aliphatic rings. The molecule has 1 N–H and O–H groups in total. The first-order valence-corrected chi connectivity index (χ1v) is 8.30. The normalized spacial score (nSPS) is 10.7. The highest BCUT2D eigenvalue weighted by Gasteiger charge is 2.06. The molecule has 3 nitrogen and oxygen atoms in total. The Labute approximate surface area is 140 Å². The molecule has 0 aromatic heterocycles. The van der Waals surface area contributed by atoms with Crippen molar-refractivity contribution in [1.82, 2.24) is 4.90 Å². The zero-order valence-corrected chi connectivity index (χ0v) is 14.6. The van der Waals surface area contributed by atoms with Crippen LogP contribution in [0.25, 0.3) is 0 Å². The van der Waals surface area contributed by atoms with Crippen molar-refractivity contribution in [3.8, 4) is 0 Å². The zero-order valence-electron chi connectivity index (χ0n) is 13.0. The van der Waals surface area contributed by atoms with Gasteiger partial charge in [-0.2, -0.15) is 0 Å². The molecule has 0 fully saturated rings. The SMILES string of the molecule is CCN(CC)Cc1ccc(NC(=O)c2ccc(Br)cc2)cc1. The van der Waals surface area contributed by atoms with Gasteiger partial charge in [-0.1, -0.05) is 41.9 Å². The van der Waals surface area contributed by atoms with Crippen LogP contribution in [0.5, 0.6) is 0 Å². The van der Waals surface area contributed by atoms with Crippen molar-refractivity contribution in [3.05, 3.63) is 64.1 Å². The molecule has 2 aromatic rings. The highest BCUT2D eigenvalue weighted by Crippen LogP contribution is 2.15. The Morgan fingerprint density at radius 1 is 1.00 bits per heavy atom. The molecule has 22 heavy (non-hydrogen) atoms. The molecule has 0 saturated carbocycles. The summed E-state index contributed by atoms with van der Waals surface area (Å²) in [5.41, 5.74) is 2.72. The lowest BCUT2D eigenvalue weighted by Gasteiger charge is -2.18. The second-order valence-electron chi connectivity index (χ2n) is 5.12. The second-order valence-corrected chi connectivity index (χ2v) is 6.04. The maximum atomic E-state index is 12.1. The average Bonchev–Trinajstić information content (AvgIpc) is 2.54. The molecule has 0 bridgehead atoms. The van der Waals surface area contributed by atoms with Crippen molar-refractivity contribution in [2.75, 3.05) is 18.4 Å². The monoisotopic (exact) mass is 360 g/mol. The van der Waals surface area contributed by atoms with Crippen molar-refractivity contribution < 1.29 is 4.79 Å². The number of rotatable bonds is 6. The molecule has 0 aliphatic carbocycles. The van der Waals surface area contributed by atoms with E-state index in [9.17, 15) is 4.79 Å². The minimum absolute atomic E-state index is 0.0935. The van der Waals surface area contributed by atoms with E-state index < -0.39 is 0 Å². The van der Waals surface area contributed by atoms with Crippen molar-refractivity contribution in [2.24, 2.45) is 0 Å². The largest absolute Gasteiger partial charge is 0.322 e. The average molecular weight is 361 g/mol. The van der Waals surface area contributed by atoms with E-state index in [1.54, 1.807) is 12.1 Å². The number of carbonyl (C=O) groups excluding carboxylic acids is 1. The van der Waals surface area contributed by atoms with Crippen LogP contribution >= 0.6 is 15.9 Å². The van der Waals surface area contributed by atoms with E-state index in [-0.39, 0.29) is 5.91 Å². The van der Waals surface area contributed by atoms with Crippen LogP contribution in [0.4, 0.5) is 5.69 Å². The molecule has 0 aliphatic heterocycles. The molecule has 0 saturated heterocycles. The van der Waals surface area contributed by atoms with E-state index in [4.69, 9.17) is 0 Å². The van der Waals surface area contributed by atoms with Gasteiger partial charge in [0.05, 0.1) is 0 Å². The summed E-state index contributed by atoms with van der Waals surface area (Å²) in [7, 11) is 0. The zero-order chi connectivity index (χ0) is 15.9. The number of anilines is 1. The Morgan fingerprint density at radius 2 is 1.59 bits per heavy atom. The highest BCUT2D eigenvalue weighted by molar-refractivity contribution is 9.10. The first-order valence-electron chi connectivity index (χ1n) is 7.50. The number of benzene rings is 2. The fourth-order valence-corrected chi connectivity index (χ4v) is 2.47. The van der Waals surface area contributed by atoms with Gasteiger partial charge in [0.1, 0.15) is 0 Å². The van der Waals surface area contributed by atoms with Gasteiger partial charge < -0.3 is 5.32 Å². The number of halogens is 1. The number of nitrogens with one attached hydrogen (secondary N) is 1. The first-order chi connectivity index (χ1) is 10.6. The van der Waals surface area contributed by atoms with E-state index in [1.807, 2.05) is 24.3 Å². The summed E-state index contributed by atoms with van der Waals surface area (Å²) in [6.07, 6.45) is 0. The second kappa shape index (κ2) is 8.11. The van der Waals surface area contributed by atoms with Crippen LogP contribution in [0.15, 0.2) is 53.0 Å². The van der Waals surface area contributed by atoms with E-state index >= 15 is 0 Å². The summed E-state index contributed by atoms with van der Waals surface area (Å²) >= 11 is 3.36. The van der Waals surface area contributed by atoms with Gasteiger partial charge in [0.15, 0.2) is 0 Å². The number of hydrogen-bond acceptors (Lipinski definition) is 2. The van der Waals surface area contributed by atoms with Gasteiger partial charge in [0.25, 0.3) is 5.91 Å². The molecule has 2 rings (SSSR count). The summed E-state index contributed by atoms with van der Waals surface area (Å²) in [4.78, 5) is 14.5. The Kier molecular flexibility index (Phi) is 6.16. The molecule has 4 heteroatoms. The molecule has 1 amide bonds. The van der Waals surface area contributed by atoms with Crippen molar-refractivity contribution >= 4 is 27.5 Å². The number of amides is 1. The fourth-order valence-electron chi connectivity index (χ4n) is 2.20. The summed E-state index contributed by atoms with van der Waals surface area (Å²) in [5.74, 6) is -0.0935. The Balaban J connectivity index is 1.98. The third-order valence-corrected chi connectivity index (χ3v) is 4.15. The summed E-state index contributed by atoms with van der Waals surface area (Å²) < 4.78 is 0.963. The minimum atomic E-state index is -0.0935. The lowest BCUT2D eigenvalue weighted by atomic mass is 10.1. The fraction of sp³-hybridized carbons (Fsp3) is 0.278. The molecule has 2 aromatic carbocycles. The standard InChI is InChI=1S/C18H21BrN2O/c1-3-21(4-2)13-14-5-11-17(12-6-14)20-18(22)15-7-9-16(19)10-8-15/h5-12H,3-4,13H2,1-2H3,(H,20,22). The van der Waals surface area contributed by atoms with Crippen LogP contribution < -0.4 is 5.32 Å². The number of nitrogens with zero attached hydrogens (tertiary/aromatic N) is 1.